The number of hydrogen-bond acceptors (Lipinski definition) is 10. The van der Waals surface area contributed by atoms with Gasteiger partial charge in [-0.2, -0.15) is 0 Å². The van der Waals surface area contributed by atoms with E-state index >= 15 is 0 Å². The third-order valence-electron chi connectivity index (χ3n) is 6.79. The van der Waals surface area contributed by atoms with Gasteiger partial charge in [0.1, 0.15) is 12.2 Å². The van der Waals surface area contributed by atoms with Gasteiger partial charge in [0.15, 0.2) is 29.3 Å². The third-order valence-corrected chi connectivity index (χ3v) is 6.79. The first-order valence-electron chi connectivity index (χ1n) is 12.9. The number of aliphatic hydroxyl groups is 2. The Morgan fingerprint density at radius 2 is 1.68 bits per heavy atom. The summed E-state index contributed by atoms with van der Waals surface area (Å²) in [4.78, 5) is 38.0. The largest absolute Gasteiger partial charge is 0.463 e. The van der Waals surface area contributed by atoms with Gasteiger partial charge >= 0.3 is 5.97 Å². The number of fused-ring (bicyclic) bond motifs is 1. The molecule has 208 valence electrons. The smallest absolute Gasteiger partial charge is 0.376 e. The SMILES string of the molecule is CCNC(=O)[C@H]1O[C@@H](n2cnc3c(NCC(c4ccccc4)c4ccccc4)nc(C(=O)OC)nc32)[C@H](O)[C@@H]1O. The van der Waals surface area contributed by atoms with E-state index < -0.39 is 36.4 Å². The van der Waals surface area contributed by atoms with E-state index in [2.05, 4.69) is 25.6 Å². The lowest BCUT2D eigenvalue weighted by Gasteiger charge is -2.20. The van der Waals surface area contributed by atoms with E-state index in [1.54, 1.807) is 6.92 Å². The number of nitrogens with zero attached hydrogens (tertiary/aromatic N) is 4. The summed E-state index contributed by atoms with van der Waals surface area (Å²) in [5.74, 6) is -1.34. The summed E-state index contributed by atoms with van der Waals surface area (Å²) >= 11 is 0. The van der Waals surface area contributed by atoms with Gasteiger partial charge in [0.25, 0.3) is 5.91 Å². The standard InChI is InChI=1S/C28H30N6O6/c1-3-29-26(37)22-20(35)21(36)27(40-22)34-15-31-19-23(32-24(28(38)39-2)33-25(19)34)30-14-18(16-10-6-4-7-11-16)17-12-8-5-9-13-17/h4-13,15,18,20-22,27,35-36H,3,14H2,1-2H3,(H,29,37)(H,30,32,33)/t20-,21+,22-,27+/m0/s1. The predicted octanol–water partition coefficient (Wildman–Crippen LogP) is 1.61. The summed E-state index contributed by atoms with van der Waals surface area (Å²) in [7, 11) is 1.22. The summed E-state index contributed by atoms with van der Waals surface area (Å²) in [6.07, 6.45) is -4.07. The molecule has 4 N–H and O–H groups in total. The van der Waals surface area contributed by atoms with Crippen LogP contribution in [0.5, 0.6) is 0 Å². The Bertz CT molecular complexity index is 1440. The molecule has 2 aromatic carbocycles. The van der Waals surface area contributed by atoms with Gasteiger partial charge in [-0.15, -0.1) is 0 Å². The lowest BCUT2D eigenvalue weighted by molar-refractivity contribution is -0.137. The highest BCUT2D eigenvalue weighted by molar-refractivity contribution is 5.91. The summed E-state index contributed by atoms with van der Waals surface area (Å²) in [5.41, 5.74) is 2.62. The van der Waals surface area contributed by atoms with E-state index in [1.165, 1.54) is 18.0 Å². The number of rotatable bonds is 9. The molecule has 3 heterocycles. The number of anilines is 1. The van der Waals surface area contributed by atoms with Crippen LogP contribution in [0.15, 0.2) is 67.0 Å². The average Bonchev–Trinajstić information content (AvgIpc) is 3.54. The second-order valence-corrected chi connectivity index (χ2v) is 9.29. The lowest BCUT2D eigenvalue weighted by Crippen LogP contribution is -2.42. The summed E-state index contributed by atoms with van der Waals surface area (Å²) in [6.45, 7) is 2.47. The van der Waals surface area contributed by atoms with Crippen molar-refractivity contribution in [2.75, 3.05) is 25.5 Å². The van der Waals surface area contributed by atoms with Crippen LogP contribution in [0.2, 0.25) is 0 Å². The molecule has 4 aromatic rings. The number of aromatic nitrogens is 4. The highest BCUT2D eigenvalue weighted by atomic mass is 16.6. The number of aliphatic hydroxyl groups excluding tert-OH is 2. The Balaban J connectivity index is 1.51. The summed E-state index contributed by atoms with van der Waals surface area (Å²) in [6, 6.07) is 20.0. The first kappa shape index (κ1) is 27.2. The number of benzene rings is 2. The molecule has 5 rings (SSSR count). The van der Waals surface area contributed by atoms with E-state index in [4.69, 9.17) is 9.47 Å². The monoisotopic (exact) mass is 546 g/mol. The molecule has 0 saturated carbocycles. The van der Waals surface area contributed by atoms with Crippen LogP contribution in [-0.2, 0) is 14.3 Å². The number of ether oxygens (including phenoxy) is 2. The topological polar surface area (TPSA) is 161 Å². The van der Waals surface area contributed by atoms with Crippen LogP contribution in [0.3, 0.4) is 0 Å². The number of carbonyl (C=O) groups excluding carboxylic acids is 2. The number of nitrogens with one attached hydrogen (secondary N) is 2. The highest BCUT2D eigenvalue weighted by Crippen LogP contribution is 2.33. The molecule has 1 aliphatic rings. The molecule has 0 bridgehead atoms. The van der Waals surface area contributed by atoms with Crippen molar-refractivity contribution >= 4 is 28.9 Å². The van der Waals surface area contributed by atoms with Crippen molar-refractivity contribution in [1.82, 2.24) is 24.8 Å². The van der Waals surface area contributed by atoms with Crippen LogP contribution in [-0.4, -0.2) is 80.1 Å². The highest BCUT2D eigenvalue weighted by Gasteiger charge is 2.47. The van der Waals surface area contributed by atoms with Gasteiger partial charge in [0.05, 0.1) is 13.4 Å². The molecule has 0 unspecified atom stereocenters. The number of methoxy groups -OCH3 is 1. The molecular weight excluding hydrogens is 516 g/mol. The molecule has 2 aromatic heterocycles. The van der Waals surface area contributed by atoms with Crippen molar-refractivity contribution in [3.05, 3.63) is 83.9 Å². The number of carbonyl (C=O) groups is 2. The van der Waals surface area contributed by atoms with Gasteiger partial charge in [-0.05, 0) is 18.1 Å². The maximum atomic E-state index is 12.5. The fourth-order valence-corrected chi connectivity index (χ4v) is 4.79. The van der Waals surface area contributed by atoms with Crippen molar-refractivity contribution in [1.29, 1.82) is 0 Å². The Kier molecular flexibility index (Phi) is 8.01. The normalized spacial score (nSPS) is 20.5. The minimum absolute atomic E-state index is 0.0518. The molecule has 1 aliphatic heterocycles. The Labute approximate surface area is 230 Å². The molecular formula is C28H30N6O6. The fraction of sp³-hybridized carbons (Fsp3) is 0.321. The number of esters is 1. The van der Waals surface area contributed by atoms with Crippen molar-refractivity contribution in [2.45, 2.75) is 37.4 Å². The van der Waals surface area contributed by atoms with Crippen LogP contribution in [0.25, 0.3) is 11.2 Å². The van der Waals surface area contributed by atoms with Gasteiger partial charge in [-0.25, -0.2) is 19.7 Å². The van der Waals surface area contributed by atoms with Gasteiger partial charge in [0.2, 0.25) is 5.82 Å². The molecule has 0 spiro atoms. The zero-order valence-electron chi connectivity index (χ0n) is 22.0. The minimum atomic E-state index is -1.48. The second kappa shape index (κ2) is 11.8. The number of amides is 1. The first-order valence-corrected chi connectivity index (χ1v) is 12.9. The first-order chi connectivity index (χ1) is 19.4. The van der Waals surface area contributed by atoms with Crippen LogP contribution in [0, 0.1) is 0 Å². The number of hydrogen-bond donors (Lipinski definition) is 4. The van der Waals surface area contributed by atoms with Gasteiger partial charge in [-0.1, -0.05) is 60.7 Å². The lowest BCUT2D eigenvalue weighted by atomic mass is 9.91. The van der Waals surface area contributed by atoms with Crippen molar-refractivity contribution < 1.29 is 29.3 Å². The van der Waals surface area contributed by atoms with Crippen LogP contribution >= 0.6 is 0 Å². The Hall–Kier alpha value is -4.39. The van der Waals surface area contributed by atoms with E-state index in [1.807, 2.05) is 60.7 Å². The maximum Gasteiger partial charge on any atom is 0.376 e. The molecule has 4 atom stereocenters. The van der Waals surface area contributed by atoms with Crippen LogP contribution < -0.4 is 10.6 Å². The zero-order valence-corrected chi connectivity index (χ0v) is 22.0. The molecule has 12 heteroatoms. The predicted molar refractivity (Wildman–Crippen MR) is 144 cm³/mol. The van der Waals surface area contributed by atoms with Crippen molar-refractivity contribution in [3.8, 4) is 0 Å². The van der Waals surface area contributed by atoms with Crippen molar-refractivity contribution in [3.63, 3.8) is 0 Å². The van der Waals surface area contributed by atoms with Crippen molar-refractivity contribution in [2.24, 2.45) is 0 Å². The van der Waals surface area contributed by atoms with E-state index in [0.717, 1.165) is 11.1 Å². The van der Waals surface area contributed by atoms with Crippen LogP contribution in [0.4, 0.5) is 5.82 Å². The van der Waals surface area contributed by atoms with Gasteiger partial charge in [-0.3, -0.25) is 9.36 Å². The molecule has 1 saturated heterocycles. The molecule has 1 amide bonds. The van der Waals surface area contributed by atoms with Gasteiger partial charge < -0.3 is 30.3 Å². The summed E-state index contributed by atoms with van der Waals surface area (Å²) < 4.78 is 12.0. The molecule has 0 aliphatic carbocycles. The maximum absolute atomic E-state index is 12.5. The molecule has 12 nitrogen and oxygen atoms in total. The Morgan fingerprint density at radius 1 is 1.02 bits per heavy atom. The van der Waals surface area contributed by atoms with Crippen LogP contribution in [0.1, 0.15) is 40.8 Å². The molecule has 1 fully saturated rings. The number of imidazole rings is 1. The van der Waals surface area contributed by atoms with E-state index in [0.29, 0.717) is 18.6 Å². The van der Waals surface area contributed by atoms with E-state index in [9.17, 15) is 19.8 Å². The third kappa shape index (κ3) is 5.24. The molecule has 0 radical (unpaired) electrons. The quantitative estimate of drug-likeness (QED) is 0.227. The fourth-order valence-electron chi connectivity index (χ4n) is 4.79. The second-order valence-electron chi connectivity index (χ2n) is 9.29. The van der Waals surface area contributed by atoms with Gasteiger partial charge in [0, 0.05) is 19.0 Å². The molecule has 40 heavy (non-hydrogen) atoms. The minimum Gasteiger partial charge on any atom is -0.463 e. The van der Waals surface area contributed by atoms with E-state index in [-0.39, 0.29) is 23.2 Å². The zero-order chi connectivity index (χ0) is 28.2. The Morgan fingerprint density at radius 3 is 2.27 bits per heavy atom. The number of likely N-dealkylation sites (N-methyl/N-ethyl adjacent to an activating group) is 1. The summed E-state index contributed by atoms with van der Waals surface area (Å²) in [5, 5.41) is 27.1. The average molecular weight is 547 g/mol.